The highest BCUT2D eigenvalue weighted by Gasteiger charge is 2.10. The lowest BCUT2D eigenvalue weighted by Gasteiger charge is -2.07. The van der Waals surface area contributed by atoms with Crippen LogP contribution in [0.4, 0.5) is 5.82 Å². The standard InChI is InChI=1S/C13H14BrN3O/c1-3-17-12(7-9(2)16-17)15-13(18)10-5-4-6-11(14)8-10/h4-8H,3H2,1-2H3,(H,15,18). The van der Waals surface area contributed by atoms with Crippen LogP contribution in [0.3, 0.4) is 0 Å². The van der Waals surface area contributed by atoms with E-state index < -0.39 is 0 Å². The first-order valence-electron chi connectivity index (χ1n) is 5.71. The number of aromatic nitrogens is 2. The van der Waals surface area contributed by atoms with Gasteiger partial charge in [0.05, 0.1) is 5.69 Å². The lowest BCUT2D eigenvalue weighted by molar-refractivity contribution is 0.102. The Hall–Kier alpha value is -1.62. The Balaban J connectivity index is 2.21. The second kappa shape index (κ2) is 5.35. The van der Waals surface area contributed by atoms with Crippen LogP contribution in [0.2, 0.25) is 0 Å². The van der Waals surface area contributed by atoms with Crippen LogP contribution in [0.15, 0.2) is 34.8 Å². The molecule has 1 aromatic heterocycles. The van der Waals surface area contributed by atoms with Gasteiger partial charge in [0.2, 0.25) is 0 Å². The first-order valence-corrected chi connectivity index (χ1v) is 6.51. The number of anilines is 1. The van der Waals surface area contributed by atoms with Gasteiger partial charge < -0.3 is 5.32 Å². The molecule has 0 saturated heterocycles. The molecule has 2 rings (SSSR count). The Morgan fingerprint density at radius 3 is 2.89 bits per heavy atom. The van der Waals surface area contributed by atoms with Crippen LogP contribution in [0, 0.1) is 6.92 Å². The first kappa shape index (κ1) is 12.8. The molecule has 0 radical (unpaired) electrons. The van der Waals surface area contributed by atoms with Gasteiger partial charge in [-0.3, -0.25) is 4.79 Å². The van der Waals surface area contributed by atoms with Crippen LogP contribution in [-0.2, 0) is 6.54 Å². The van der Waals surface area contributed by atoms with Crippen molar-refractivity contribution in [1.82, 2.24) is 9.78 Å². The molecule has 4 nitrogen and oxygen atoms in total. The molecule has 18 heavy (non-hydrogen) atoms. The summed E-state index contributed by atoms with van der Waals surface area (Å²) in [5.41, 5.74) is 1.51. The molecule has 1 amide bonds. The van der Waals surface area contributed by atoms with Gasteiger partial charge in [0.15, 0.2) is 0 Å². The second-order valence-electron chi connectivity index (χ2n) is 3.95. The van der Waals surface area contributed by atoms with Gasteiger partial charge in [0.25, 0.3) is 5.91 Å². The lowest BCUT2D eigenvalue weighted by atomic mass is 10.2. The molecule has 0 spiro atoms. The van der Waals surface area contributed by atoms with Crippen molar-refractivity contribution >= 4 is 27.7 Å². The van der Waals surface area contributed by atoms with Gasteiger partial charge in [-0.2, -0.15) is 5.10 Å². The Bertz CT molecular complexity index is 577. The molecule has 0 atom stereocenters. The highest BCUT2D eigenvalue weighted by Crippen LogP contribution is 2.15. The fraction of sp³-hybridized carbons (Fsp3) is 0.231. The number of carbonyl (C=O) groups is 1. The maximum atomic E-state index is 12.1. The van der Waals surface area contributed by atoms with Crippen molar-refractivity contribution in [3.8, 4) is 0 Å². The number of halogens is 1. The van der Waals surface area contributed by atoms with Gasteiger partial charge in [0.1, 0.15) is 5.82 Å². The topological polar surface area (TPSA) is 46.9 Å². The van der Waals surface area contributed by atoms with E-state index in [0.29, 0.717) is 5.56 Å². The van der Waals surface area contributed by atoms with Crippen molar-refractivity contribution in [1.29, 1.82) is 0 Å². The fourth-order valence-corrected chi connectivity index (χ4v) is 2.10. The summed E-state index contributed by atoms with van der Waals surface area (Å²) in [5, 5.41) is 7.15. The summed E-state index contributed by atoms with van der Waals surface area (Å²) in [6, 6.07) is 9.15. The predicted octanol–water partition coefficient (Wildman–Crippen LogP) is 3.23. The Morgan fingerprint density at radius 1 is 1.44 bits per heavy atom. The number of amides is 1. The molecule has 0 aliphatic rings. The largest absolute Gasteiger partial charge is 0.307 e. The third kappa shape index (κ3) is 2.79. The summed E-state index contributed by atoms with van der Waals surface area (Å²) in [6.45, 7) is 4.62. The van der Waals surface area contributed by atoms with Crippen molar-refractivity contribution < 1.29 is 4.79 Å². The van der Waals surface area contributed by atoms with Crippen molar-refractivity contribution in [2.24, 2.45) is 0 Å². The van der Waals surface area contributed by atoms with E-state index in [9.17, 15) is 4.79 Å². The quantitative estimate of drug-likeness (QED) is 0.946. The molecule has 5 heteroatoms. The van der Waals surface area contributed by atoms with E-state index in [1.807, 2.05) is 32.0 Å². The van der Waals surface area contributed by atoms with E-state index in [2.05, 4.69) is 26.3 Å². The Labute approximate surface area is 114 Å². The molecule has 0 fully saturated rings. The van der Waals surface area contributed by atoms with E-state index in [-0.39, 0.29) is 5.91 Å². The first-order chi connectivity index (χ1) is 8.60. The number of hydrogen-bond donors (Lipinski definition) is 1. The molecule has 94 valence electrons. The fourth-order valence-electron chi connectivity index (χ4n) is 1.71. The number of benzene rings is 1. The third-order valence-corrected chi connectivity index (χ3v) is 3.02. The zero-order chi connectivity index (χ0) is 13.1. The maximum absolute atomic E-state index is 12.1. The van der Waals surface area contributed by atoms with Crippen LogP contribution >= 0.6 is 15.9 Å². The molecule has 1 aromatic carbocycles. The van der Waals surface area contributed by atoms with E-state index in [4.69, 9.17) is 0 Å². The van der Waals surface area contributed by atoms with Gasteiger partial charge in [-0.05, 0) is 32.0 Å². The van der Waals surface area contributed by atoms with Gasteiger partial charge in [-0.15, -0.1) is 0 Å². The van der Waals surface area contributed by atoms with Gasteiger partial charge >= 0.3 is 0 Å². The zero-order valence-electron chi connectivity index (χ0n) is 10.3. The highest BCUT2D eigenvalue weighted by atomic mass is 79.9. The van der Waals surface area contributed by atoms with E-state index in [1.54, 1.807) is 16.8 Å². The zero-order valence-corrected chi connectivity index (χ0v) is 11.9. The lowest BCUT2D eigenvalue weighted by Crippen LogP contribution is -2.15. The van der Waals surface area contributed by atoms with Crippen molar-refractivity contribution in [2.75, 3.05) is 5.32 Å². The van der Waals surface area contributed by atoms with E-state index in [1.165, 1.54) is 0 Å². The number of aryl methyl sites for hydroxylation is 2. The summed E-state index contributed by atoms with van der Waals surface area (Å²) >= 11 is 3.35. The van der Waals surface area contributed by atoms with Crippen LogP contribution in [0.5, 0.6) is 0 Å². The van der Waals surface area contributed by atoms with E-state index in [0.717, 1.165) is 22.5 Å². The normalized spacial score (nSPS) is 10.4. The summed E-state index contributed by atoms with van der Waals surface area (Å²) < 4.78 is 2.65. The molecule has 0 unspecified atom stereocenters. The Kier molecular flexibility index (Phi) is 3.81. The Morgan fingerprint density at radius 2 is 2.22 bits per heavy atom. The molecule has 0 saturated carbocycles. The molecular weight excluding hydrogens is 294 g/mol. The van der Waals surface area contributed by atoms with Gasteiger partial charge in [-0.25, -0.2) is 4.68 Å². The van der Waals surface area contributed by atoms with Crippen LogP contribution in [-0.4, -0.2) is 15.7 Å². The SMILES string of the molecule is CCn1nc(C)cc1NC(=O)c1cccc(Br)c1. The average molecular weight is 308 g/mol. The summed E-state index contributed by atoms with van der Waals surface area (Å²) in [4.78, 5) is 12.1. The monoisotopic (exact) mass is 307 g/mol. The maximum Gasteiger partial charge on any atom is 0.256 e. The molecule has 2 aromatic rings. The molecule has 1 heterocycles. The summed E-state index contributed by atoms with van der Waals surface area (Å²) in [5.74, 6) is 0.589. The number of hydrogen-bond acceptors (Lipinski definition) is 2. The highest BCUT2D eigenvalue weighted by molar-refractivity contribution is 9.10. The molecular formula is C13H14BrN3O. The van der Waals surface area contributed by atoms with E-state index >= 15 is 0 Å². The summed E-state index contributed by atoms with van der Waals surface area (Å²) in [7, 11) is 0. The van der Waals surface area contributed by atoms with Crippen LogP contribution < -0.4 is 5.32 Å². The van der Waals surface area contributed by atoms with Crippen LogP contribution in [0.25, 0.3) is 0 Å². The van der Waals surface area contributed by atoms with Gasteiger partial charge in [0, 0.05) is 22.6 Å². The van der Waals surface area contributed by atoms with Crippen molar-refractivity contribution in [2.45, 2.75) is 20.4 Å². The minimum absolute atomic E-state index is 0.133. The molecule has 0 bridgehead atoms. The van der Waals surface area contributed by atoms with Crippen LogP contribution in [0.1, 0.15) is 23.0 Å². The minimum Gasteiger partial charge on any atom is -0.307 e. The summed E-state index contributed by atoms with van der Waals surface area (Å²) in [6.07, 6.45) is 0. The second-order valence-corrected chi connectivity index (χ2v) is 4.87. The van der Waals surface area contributed by atoms with Crippen molar-refractivity contribution in [3.05, 3.63) is 46.1 Å². The third-order valence-electron chi connectivity index (χ3n) is 2.53. The average Bonchev–Trinajstić information content (AvgIpc) is 2.69. The minimum atomic E-state index is -0.133. The number of nitrogens with zero attached hydrogens (tertiary/aromatic N) is 2. The molecule has 0 aliphatic heterocycles. The number of carbonyl (C=O) groups excluding carboxylic acids is 1. The molecule has 1 N–H and O–H groups in total. The molecule has 0 aliphatic carbocycles. The smallest absolute Gasteiger partial charge is 0.256 e. The number of nitrogens with one attached hydrogen (secondary N) is 1. The number of rotatable bonds is 3. The predicted molar refractivity (Wildman–Crippen MR) is 74.7 cm³/mol. The van der Waals surface area contributed by atoms with Crippen molar-refractivity contribution in [3.63, 3.8) is 0 Å². The van der Waals surface area contributed by atoms with Gasteiger partial charge in [-0.1, -0.05) is 22.0 Å².